The second-order valence-electron chi connectivity index (χ2n) is 19.1. The zero-order chi connectivity index (χ0) is 45.6. The monoisotopic (exact) mass is 878 g/mol. The lowest BCUT2D eigenvalue weighted by Gasteiger charge is -2.63. The summed E-state index contributed by atoms with van der Waals surface area (Å²) in [7, 11) is 0. The molecule has 4 rings (SSSR count). The van der Waals surface area contributed by atoms with Crippen LogP contribution in [0.3, 0.4) is 0 Å². The first-order valence-corrected chi connectivity index (χ1v) is 22.2. The van der Waals surface area contributed by atoms with E-state index in [9.17, 15) is 70.6 Å². The molecule has 0 aromatic carbocycles. The molecule has 19 heteroatoms. The van der Waals surface area contributed by atoms with Crippen molar-refractivity contribution in [3.05, 3.63) is 0 Å². The van der Waals surface area contributed by atoms with Gasteiger partial charge >= 0.3 is 0 Å². The van der Waals surface area contributed by atoms with E-state index in [0.29, 0.717) is 25.7 Å². The summed E-state index contributed by atoms with van der Waals surface area (Å²) in [4.78, 5) is 40.3. The fourth-order valence-electron chi connectivity index (χ4n) is 11.7. The summed E-state index contributed by atoms with van der Waals surface area (Å²) in [5, 5.41) is 136. The minimum Gasteiger partial charge on any atom is -0.394 e. The minimum absolute atomic E-state index is 0.0275. The topological polar surface area (TPSA) is 342 Å². The molecule has 0 radical (unpaired) electrons. The first kappa shape index (κ1) is 51.5. The average molecular weight is 878 g/mol. The van der Waals surface area contributed by atoms with Gasteiger partial charge in [0.2, 0.25) is 5.91 Å². The number of fused-ring (bicyclic) bond motifs is 5. The lowest BCUT2D eigenvalue weighted by Crippen LogP contribution is -2.62. The molecule has 3 amide bonds. The Bertz CT molecular complexity index is 1380. The Balaban J connectivity index is 1.37. The van der Waals surface area contributed by atoms with Gasteiger partial charge in [-0.15, -0.1) is 0 Å². The first-order chi connectivity index (χ1) is 28.6. The second-order valence-corrected chi connectivity index (χ2v) is 19.1. The van der Waals surface area contributed by atoms with Gasteiger partial charge < -0.3 is 81.9 Å². The lowest BCUT2D eigenvalue weighted by molar-refractivity contribution is -0.207. The van der Waals surface area contributed by atoms with E-state index in [0.717, 1.165) is 25.7 Å². The van der Waals surface area contributed by atoms with Crippen molar-refractivity contribution in [1.82, 2.24) is 15.5 Å². The average Bonchev–Trinajstić information content (AvgIpc) is 3.61. The summed E-state index contributed by atoms with van der Waals surface area (Å²) in [5.41, 5.74) is -0.524. The SMILES string of the molecule is C[C@H](CCC(=O)N(CCCNC(=O)[C@H](O)[C@H](O)[C@H](O)[C@@H](O)CO)CCCNC(=O)[C@H](O)[C@H](O)[C@H](O)[C@@H](O)CO)[C@@H]1CC[C@@H]2[C@H]3[C@H](O)C[C@H]4C[C@@H](O)CC[C@]4(C)[C@@H]3C[C@@H](O)[C@@]21C. The van der Waals surface area contributed by atoms with Crippen molar-refractivity contribution in [3.8, 4) is 0 Å². The molecule has 354 valence electrons. The highest BCUT2D eigenvalue weighted by molar-refractivity contribution is 5.81. The van der Waals surface area contributed by atoms with Gasteiger partial charge in [-0.25, -0.2) is 0 Å². The molecule has 0 heterocycles. The smallest absolute Gasteiger partial charge is 0.251 e. The molecule has 15 N–H and O–H groups in total. The first-order valence-electron chi connectivity index (χ1n) is 22.2. The van der Waals surface area contributed by atoms with Gasteiger partial charge in [0.05, 0.1) is 31.5 Å². The molecule has 4 aliphatic rings. The van der Waals surface area contributed by atoms with Gasteiger partial charge in [0.1, 0.15) is 36.6 Å². The third-order valence-electron chi connectivity index (χ3n) is 15.5. The molecule has 4 saturated carbocycles. The van der Waals surface area contributed by atoms with Gasteiger partial charge in [0, 0.05) is 32.6 Å². The molecule has 4 fully saturated rings. The van der Waals surface area contributed by atoms with Gasteiger partial charge in [-0.1, -0.05) is 20.8 Å². The highest BCUT2D eigenvalue weighted by Crippen LogP contribution is 2.68. The van der Waals surface area contributed by atoms with Crippen molar-refractivity contribution in [3.63, 3.8) is 0 Å². The van der Waals surface area contributed by atoms with Crippen LogP contribution in [0.25, 0.3) is 0 Å². The fraction of sp³-hybridized carbons (Fsp3) is 0.929. The summed E-state index contributed by atoms with van der Waals surface area (Å²) in [6.45, 7) is 4.76. The van der Waals surface area contributed by atoms with Crippen LogP contribution in [-0.4, -0.2) is 196 Å². The standard InChI is InChI=1S/C42H75N3O16/c1-21(24-7-8-25-32-26(18-30(52)42(24,25)3)41(2)11-10-23(48)16-22(41)17-27(32)49)6-9-31(53)45(14-4-12-43-39(60)37(58)35(56)33(54)28(50)19-46)15-5-13-44-40(61)38(59)36(57)34(55)29(51)20-47/h21-30,32-38,46-52,54-59H,4-20H2,1-3H3,(H,43,60)(H,44,61)/t21-,22-,23+,24+,25-,26-,27-,28+,29+,30-,32-,33-,34-,35-,36-,37-,38-,41+,42-/m1/s1. The molecule has 0 aromatic heterocycles. The zero-order valence-corrected chi connectivity index (χ0v) is 35.8. The molecule has 0 aromatic rings. The molecule has 0 spiro atoms. The van der Waals surface area contributed by atoms with E-state index < -0.39 is 91.5 Å². The molecule has 0 saturated heterocycles. The molecular formula is C42H75N3O16. The third kappa shape index (κ3) is 11.4. The van der Waals surface area contributed by atoms with Crippen molar-refractivity contribution in [2.45, 2.75) is 159 Å². The van der Waals surface area contributed by atoms with Crippen molar-refractivity contribution in [2.24, 2.45) is 46.3 Å². The zero-order valence-electron chi connectivity index (χ0n) is 35.8. The number of nitrogens with zero attached hydrogens (tertiary/aromatic N) is 1. The van der Waals surface area contributed by atoms with Gasteiger partial charge in [0.25, 0.3) is 11.8 Å². The van der Waals surface area contributed by atoms with E-state index >= 15 is 0 Å². The number of aliphatic hydroxyl groups is 13. The molecular weight excluding hydrogens is 802 g/mol. The summed E-state index contributed by atoms with van der Waals surface area (Å²) >= 11 is 0. The van der Waals surface area contributed by atoms with E-state index in [-0.39, 0.29) is 98.4 Å². The number of nitrogens with one attached hydrogen (secondary N) is 2. The third-order valence-corrected chi connectivity index (χ3v) is 15.5. The highest BCUT2D eigenvalue weighted by atomic mass is 16.4. The van der Waals surface area contributed by atoms with Crippen molar-refractivity contribution in [1.29, 1.82) is 0 Å². The van der Waals surface area contributed by atoms with Crippen LogP contribution in [0.2, 0.25) is 0 Å². The lowest BCUT2D eigenvalue weighted by atomic mass is 9.43. The van der Waals surface area contributed by atoms with E-state index in [1.165, 1.54) is 4.90 Å². The fourth-order valence-corrected chi connectivity index (χ4v) is 11.7. The molecule has 0 unspecified atom stereocenters. The minimum atomic E-state index is -2.13. The Kier molecular flexibility index (Phi) is 18.7. The van der Waals surface area contributed by atoms with Crippen LogP contribution >= 0.6 is 0 Å². The maximum Gasteiger partial charge on any atom is 0.251 e. The number of rotatable bonds is 22. The predicted octanol–water partition coefficient (Wildman–Crippen LogP) is -3.92. The van der Waals surface area contributed by atoms with Gasteiger partial charge in [0.15, 0.2) is 12.2 Å². The summed E-state index contributed by atoms with van der Waals surface area (Å²) in [5.74, 6) is -1.73. The number of amides is 3. The van der Waals surface area contributed by atoms with Crippen LogP contribution < -0.4 is 10.6 Å². The molecule has 19 atom stereocenters. The number of carbonyl (C=O) groups excluding carboxylic acids is 3. The normalized spacial score (nSPS) is 35.5. The molecule has 61 heavy (non-hydrogen) atoms. The number of carbonyl (C=O) groups is 3. The molecule has 4 aliphatic carbocycles. The van der Waals surface area contributed by atoms with Crippen LogP contribution in [0.15, 0.2) is 0 Å². The van der Waals surface area contributed by atoms with E-state index in [2.05, 4.69) is 31.4 Å². The van der Waals surface area contributed by atoms with E-state index in [1.54, 1.807) is 0 Å². The van der Waals surface area contributed by atoms with Crippen molar-refractivity contribution < 1.29 is 80.8 Å². The van der Waals surface area contributed by atoms with Crippen LogP contribution in [0, 0.1) is 46.3 Å². The van der Waals surface area contributed by atoms with Gasteiger partial charge in [-0.3, -0.25) is 14.4 Å². The van der Waals surface area contributed by atoms with Crippen LogP contribution in [0.1, 0.15) is 91.4 Å². The van der Waals surface area contributed by atoms with Crippen LogP contribution in [0.5, 0.6) is 0 Å². The van der Waals surface area contributed by atoms with Gasteiger partial charge in [-0.2, -0.15) is 0 Å². The second kappa shape index (κ2) is 22.2. The van der Waals surface area contributed by atoms with Crippen molar-refractivity contribution in [2.75, 3.05) is 39.4 Å². The van der Waals surface area contributed by atoms with Crippen molar-refractivity contribution >= 4 is 17.7 Å². The van der Waals surface area contributed by atoms with Crippen LogP contribution in [0.4, 0.5) is 0 Å². The number of hydrogen-bond donors (Lipinski definition) is 15. The van der Waals surface area contributed by atoms with E-state index in [1.807, 2.05) is 0 Å². The summed E-state index contributed by atoms with van der Waals surface area (Å²) in [6, 6.07) is 0. The molecule has 0 aliphatic heterocycles. The number of aliphatic hydroxyl groups excluding tert-OH is 13. The molecule has 0 bridgehead atoms. The Labute approximate surface area is 357 Å². The molecule has 19 nitrogen and oxygen atoms in total. The van der Waals surface area contributed by atoms with Gasteiger partial charge in [-0.05, 0) is 111 Å². The Morgan fingerprint density at radius 3 is 1.74 bits per heavy atom. The summed E-state index contributed by atoms with van der Waals surface area (Å²) < 4.78 is 0. The maximum absolute atomic E-state index is 13.9. The quantitative estimate of drug-likeness (QED) is 0.0462. The predicted molar refractivity (Wildman–Crippen MR) is 216 cm³/mol. The Morgan fingerprint density at radius 1 is 0.705 bits per heavy atom. The maximum atomic E-state index is 13.9. The summed E-state index contributed by atoms with van der Waals surface area (Å²) in [6.07, 6.45) is -11.3. The van der Waals surface area contributed by atoms with Crippen LogP contribution in [-0.2, 0) is 14.4 Å². The largest absolute Gasteiger partial charge is 0.394 e. The van der Waals surface area contributed by atoms with E-state index in [4.69, 9.17) is 10.2 Å². The highest BCUT2D eigenvalue weighted by Gasteiger charge is 2.65. The Hall–Kier alpha value is -2.11. The Morgan fingerprint density at radius 2 is 1.23 bits per heavy atom. The number of hydrogen-bond acceptors (Lipinski definition) is 16.